The van der Waals surface area contributed by atoms with Crippen molar-refractivity contribution in [2.45, 2.75) is 18.7 Å². The van der Waals surface area contributed by atoms with Crippen LogP contribution in [0.3, 0.4) is 0 Å². The summed E-state index contributed by atoms with van der Waals surface area (Å²) < 4.78 is 6.30. The number of hydrogen-bond acceptors (Lipinski definition) is 5. The van der Waals surface area contributed by atoms with Crippen LogP contribution in [0.25, 0.3) is 0 Å². The van der Waals surface area contributed by atoms with Crippen molar-refractivity contribution in [1.82, 2.24) is 4.90 Å². The number of anilines is 1. The number of halogens is 2. The first kappa shape index (κ1) is 21.6. The lowest BCUT2D eigenvalue weighted by molar-refractivity contribution is -0.384. The van der Waals surface area contributed by atoms with Gasteiger partial charge < -0.3 is 15.0 Å². The van der Waals surface area contributed by atoms with Gasteiger partial charge in [-0.15, -0.1) is 0 Å². The van der Waals surface area contributed by atoms with Crippen LogP contribution < -0.4 is 10.1 Å². The number of nitrogens with zero attached hydrogens (tertiary/aromatic N) is 2. The Kier molecular flexibility index (Phi) is 5.60. The van der Waals surface area contributed by atoms with E-state index in [0.717, 1.165) is 5.56 Å². The van der Waals surface area contributed by atoms with Gasteiger partial charge in [-0.1, -0.05) is 41.4 Å². The fourth-order valence-electron chi connectivity index (χ4n) is 4.58. The molecule has 33 heavy (non-hydrogen) atoms. The van der Waals surface area contributed by atoms with Crippen LogP contribution in [0.15, 0.2) is 66.7 Å². The molecule has 0 unspecified atom stereocenters. The molecule has 3 atom stereocenters. The van der Waals surface area contributed by atoms with E-state index in [2.05, 4.69) is 5.32 Å². The highest BCUT2D eigenvalue weighted by Gasteiger charge is 2.48. The summed E-state index contributed by atoms with van der Waals surface area (Å²) in [6.07, 6.45) is 0.196. The van der Waals surface area contributed by atoms with E-state index in [1.54, 1.807) is 41.3 Å². The molecule has 2 aliphatic rings. The first-order valence-electron chi connectivity index (χ1n) is 10.4. The zero-order valence-corrected chi connectivity index (χ0v) is 18.8. The fraction of sp³-hybridized carbons (Fsp3) is 0.208. The Morgan fingerprint density at radius 1 is 1.09 bits per heavy atom. The number of non-ortho nitro benzene ring substituents is 1. The maximum absolute atomic E-state index is 13.2. The minimum absolute atomic E-state index is 0.0103. The molecule has 1 saturated heterocycles. The normalized spacial score (nSPS) is 21.0. The predicted molar refractivity (Wildman–Crippen MR) is 126 cm³/mol. The summed E-state index contributed by atoms with van der Waals surface area (Å²) >= 11 is 12.8. The van der Waals surface area contributed by atoms with E-state index < -0.39 is 11.2 Å². The Bertz CT molecular complexity index is 1220. The minimum Gasteiger partial charge on any atom is -0.470 e. The first-order chi connectivity index (χ1) is 15.9. The van der Waals surface area contributed by atoms with Crippen LogP contribution in [0.1, 0.15) is 28.4 Å². The monoisotopic (exact) mass is 483 g/mol. The lowest BCUT2D eigenvalue weighted by Crippen LogP contribution is -2.46. The summed E-state index contributed by atoms with van der Waals surface area (Å²) in [5.41, 5.74) is 2.07. The molecule has 0 saturated carbocycles. The van der Waals surface area contributed by atoms with E-state index in [4.69, 9.17) is 27.9 Å². The molecule has 2 aliphatic heterocycles. The Balaban J connectivity index is 1.51. The zero-order valence-electron chi connectivity index (χ0n) is 17.3. The Morgan fingerprint density at radius 2 is 1.82 bits per heavy atom. The SMILES string of the molecule is O=C(c1ccccc1)N1CC[C@@H]2[C@H](Nc3ccc([N+](=O)[O-])cc3)c3c(Cl)cc(Cl)cc3O[C@@H]21. The predicted octanol–water partition coefficient (Wildman–Crippen LogP) is 5.94. The van der Waals surface area contributed by atoms with Crippen LogP contribution in [0, 0.1) is 16.0 Å². The van der Waals surface area contributed by atoms with Gasteiger partial charge in [0.1, 0.15) is 5.75 Å². The van der Waals surface area contributed by atoms with E-state index >= 15 is 0 Å². The largest absolute Gasteiger partial charge is 0.470 e. The number of benzene rings is 3. The average Bonchev–Trinajstić information content (AvgIpc) is 3.22. The van der Waals surface area contributed by atoms with Crippen molar-refractivity contribution in [3.8, 4) is 5.75 Å². The number of carbonyl (C=O) groups excluding carboxylic acids is 1. The number of rotatable bonds is 4. The second kappa shape index (κ2) is 8.57. The molecule has 7 nitrogen and oxygen atoms in total. The topological polar surface area (TPSA) is 84.7 Å². The van der Waals surface area contributed by atoms with Gasteiger partial charge in [0.2, 0.25) is 0 Å². The minimum atomic E-state index is -0.504. The Labute approximate surface area is 200 Å². The molecule has 0 aromatic heterocycles. The van der Waals surface area contributed by atoms with E-state index in [1.807, 2.05) is 18.2 Å². The molecular formula is C24H19Cl2N3O4. The van der Waals surface area contributed by atoms with Gasteiger partial charge in [0.15, 0.2) is 6.23 Å². The maximum atomic E-state index is 13.2. The van der Waals surface area contributed by atoms with Crippen molar-refractivity contribution >= 4 is 40.5 Å². The average molecular weight is 484 g/mol. The number of ether oxygens (including phenoxy) is 1. The first-order valence-corrected chi connectivity index (χ1v) is 11.2. The number of fused-ring (bicyclic) bond motifs is 2. The third-order valence-corrected chi connectivity index (χ3v) is 6.63. The van der Waals surface area contributed by atoms with Crippen molar-refractivity contribution in [1.29, 1.82) is 0 Å². The summed E-state index contributed by atoms with van der Waals surface area (Å²) in [5, 5.41) is 15.4. The maximum Gasteiger partial charge on any atom is 0.269 e. The van der Waals surface area contributed by atoms with Gasteiger partial charge in [-0.2, -0.15) is 0 Å². The second-order valence-electron chi connectivity index (χ2n) is 8.05. The summed E-state index contributed by atoms with van der Waals surface area (Å²) in [5.74, 6) is 0.328. The molecule has 1 amide bonds. The lowest BCUT2D eigenvalue weighted by atomic mass is 9.87. The van der Waals surface area contributed by atoms with E-state index in [0.29, 0.717) is 40.0 Å². The van der Waals surface area contributed by atoms with E-state index in [1.165, 1.54) is 12.1 Å². The van der Waals surface area contributed by atoms with Gasteiger partial charge in [0.25, 0.3) is 11.6 Å². The second-order valence-corrected chi connectivity index (χ2v) is 8.89. The van der Waals surface area contributed by atoms with Gasteiger partial charge in [0.05, 0.1) is 16.0 Å². The molecule has 0 spiro atoms. The number of amides is 1. The summed E-state index contributed by atoms with van der Waals surface area (Å²) in [6.45, 7) is 0.529. The number of hydrogen-bond donors (Lipinski definition) is 1. The highest BCUT2D eigenvalue weighted by molar-refractivity contribution is 6.35. The van der Waals surface area contributed by atoms with Gasteiger partial charge in [-0.3, -0.25) is 14.9 Å². The number of nitro benzene ring substituents is 1. The van der Waals surface area contributed by atoms with Gasteiger partial charge >= 0.3 is 0 Å². The zero-order chi connectivity index (χ0) is 23.1. The van der Waals surface area contributed by atoms with Crippen LogP contribution in [0.5, 0.6) is 5.75 Å². The molecule has 9 heteroatoms. The summed E-state index contributed by atoms with van der Waals surface area (Å²) in [7, 11) is 0. The van der Waals surface area contributed by atoms with Crippen LogP contribution in [0.2, 0.25) is 10.0 Å². The third kappa shape index (κ3) is 3.98. The molecule has 168 valence electrons. The molecule has 2 heterocycles. The molecule has 3 aromatic rings. The van der Waals surface area contributed by atoms with Crippen LogP contribution >= 0.6 is 23.2 Å². The molecule has 0 radical (unpaired) electrons. The molecule has 1 fully saturated rings. The van der Waals surface area contributed by atoms with Crippen LogP contribution in [-0.2, 0) is 0 Å². The van der Waals surface area contributed by atoms with E-state index in [-0.39, 0.29) is 23.6 Å². The molecule has 1 N–H and O–H groups in total. The van der Waals surface area contributed by atoms with Gasteiger partial charge in [-0.05, 0) is 42.8 Å². The quantitative estimate of drug-likeness (QED) is 0.366. The molecular weight excluding hydrogens is 465 g/mol. The van der Waals surface area contributed by atoms with Crippen molar-refractivity contribution in [3.63, 3.8) is 0 Å². The Hall–Kier alpha value is -3.29. The highest BCUT2D eigenvalue weighted by atomic mass is 35.5. The fourth-order valence-corrected chi connectivity index (χ4v) is 5.17. The smallest absolute Gasteiger partial charge is 0.269 e. The van der Waals surface area contributed by atoms with Crippen molar-refractivity contribution < 1.29 is 14.5 Å². The Morgan fingerprint density at radius 3 is 2.52 bits per heavy atom. The molecule has 5 rings (SSSR count). The number of carbonyl (C=O) groups is 1. The van der Waals surface area contributed by atoms with Gasteiger partial charge in [0, 0.05) is 46.4 Å². The van der Waals surface area contributed by atoms with Crippen molar-refractivity contribution in [2.75, 3.05) is 11.9 Å². The van der Waals surface area contributed by atoms with Crippen LogP contribution in [-0.4, -0.2) is 28.5 Å². The molecule has 3 aromatic carbocycles. The summed E-state index contributed by atoms with van der Waals surface area (Å²) in [6, 6.07) is 18.4. The van der Waals surface area contributed by atoms with Crippen molar-refractivity contribution in [2.24, 2.45) is 5.92 Å². The third-order valence-electron chi connectivity index (χ3n) is 6.10. The standard InChI is InChI=1S/C24H19Cl2N3O4/c25-15-12-19(26)21-20(13-15)33-24-18(10-11-28(24)23(30)14-4-2-1-3-5-14)22(21)27-16-6-8-17(9-7-16)29(31)32/h1-9,12-13,18,22,24,27H,10-11H2/t18-,22+,24+/m1/s1. The molecule has 0 aliphatic carbocycles. The number of nitro groups is 1. The van der Waals surface area contributed by atoms with Crippen molar-refractivity contribution in [3.05, 3.63) is 98.0 Å². The number of nitrogens with one attached hydrogen (secondary N) is 1. The number of likely N-dealkylation sites (tertiary alicyclic amines) is 1. The highest BCUT2D eigenvalue weighted by Crippen LogP contribution is 2.49. The lowest BCUT2D eigenvalue weighted by Gasteiger charge is -2.39. The molecule has 0 bridgehead atoms. The van der Waals surface area contributed by atoms with E-state index in [9.17, 15) is 14.9 Å². The van der Waals surface area contributed by atoms with Crippen LogP contribution in [0.4, 0.5) is 11.4 Å². The summed E-state index contributed by atoms with van der Waals surface area (Å²) in [4.78, 5) is 25.5. The van der Waals surface area contributed by atoms with Gasteiger partial charge in [-0.25, -0.2) is 0 Å².